The molecule has 1 aliphatic carbocycles. The summed E-state index contributed by atoms with van der Waals surface area (Å²) in [5, 5.41) is 0. The van der Waals surface area contributed by atoms with Crippen LogP contribution in [0.25, 0.3) is 11.3 Å². The Balaban J connectivity index is 1.84. The van der Waals surface area contributed by atoms with Gasteiger partial charge in [0.1, 0.15) is 11.4 Å². The highest BCUT2D eigenvalue weighted by molar-refractivity contribution is 9.10. The van der Waals surface area contributed by atoms with E-state index in [-0.39, 0.29) is 17.6 Å². The lowest BCUT2D eigenvalue weighted by atomic mass is 9.83. The van der Waals surface area contributed by atoms with Crippen LogP contribution in [0, 0.1) is 0 Å². The van der Waals surface area contributed by atoms with E-state index in [1.807, 2.05) is 46.1 Å². The highest BCUT2D eigenvalue weighted by Crippen LogP contribution is 2.43. The fourth-order valence-corrected chi connectivity index (χ4v) is 4.16. The van der Waals surface area contributed by atoms with Gasteiger partial charge in [-0.05, 0) is 51.3 Å². The summed E-state index contributed by atoms with van der Waals surface area (Å²) in [6, 6.07) is 8.21. The number of amides is 1. The van der Waals surface area contributed by atoms with Crippen molar-refractivity contribution in [3.05, 3.63) is 40.8 Å². The second kappa shape index (κ2) is 7.30. The van der Waals surface area contributed by atoms with Crippen LogP contribution in [-0.2, 0) is 10.2 Å². The summed E-state index contributed by atoms with van der Waals surface area (Å²) in [5.41, 5.74) is 1.36. The molecule has 0 saturated heterocycles. The molecular formula is C21H28BrN3O2. The van der Waals surface area contributed by atoms with E-state index in [2.05, 4.69) is 45.0 Å². The van der Waals surface area contributed by atoms with Crippen LogP contribution in [0.1, 0.15) is 52.8 Å². The molecule has 6 heteroatoms. The van der Waals surface area contributed by atoms with Crippen molar-refractivity contribution in [2.45, 2.75) is 64.0 Å². The summed E-state index contributed by atoms with van der Waals surface area (Å²) in [7, 11) is 1.83. The molecule has 1 heterocycles. The standard InChI is InChI=1S/C21H28BrN3O2/c1-20(2,3)27-19(26)25(5)17-7-6-12-21(17,4)18-23-13-16(24-18)14-8-10-15(22)11-9-14/h8-11,13,17H,6-7,12H2,1-5H3,(H,23,24). The van der Waals surface area contributed by atoms with Gasteiger partial charge in [-0.2, -0.15) is 0 Å². The summed E-state index contributed by atoms with van der Waals surface area (Å²) >= 11 is 3.47. The van der Waals surface area contributed by atoms with E-state index in [0.29, 0.717) is 0 Å². The lowest BCUT2D eigenvalue weighted by Crippen LogP contribution is -2.48. The number of aromatic amines is 1. The lowest BCUT2D eigenvalue weighted by Gasteiger charge is -2.37. The number of rotatable bonds is 3. The molecule has 1 fully saturated rings. The average Bonchev–Trinajstić information content (AvgIpc) is 3.21. The quantitative estimate of drug-likeness (QED) is 0.693. The van der Waals surface area contributed by atoms with E-state index in [1.165, 1.54) is 0 Å². The molecule has 0 spiro atoms. The summed E-state index contributed by atoms with van der Waals surface area (Å²) in [5.74, 6) is 0.929. The van der Waals surface area contributed by atoms with E-state index in [1.54, 1.807) is 4.90 Å². The molecule has 1 aliphatic rings. The second-order valence-electron chi connectivity index (χ2n) is 8.57. The number of nitrogens with one attached hydrogen (secondary N) is 1. The molecule has 1 N–H and O–H groups in total. The first-order valence-corrected chi connectivity index (χ1v) is 10.2. The number of H-pyrrole nitrogens is 1. The number of nitrogens with zero attached hydrogens (tertiary/aromatic N) is 2. The summed E-state index contributed by atoms with van der Waals surface area (Å²) in [4.78, 5) is 22.5. The Morgan fingerprint density at radius 1 is 1.33 bits per heavy atom. The Hall–Kier alpha value is -1.82. The third-order valence-electron chi connectivity index (χ3n) is 5.33. The molecule has 1 aromatic heterocycles. The van der Waals surface area contributed by atoms with Gasteiger partial charge in [-0.1, -0.05) is 41.4 Å². The number of carbonyl (C=O) groups is 1. The molecular weight excluding hydrogens is 406 g/mol. The van der Waals surface area contributed by atoms with Crippen LogP contribution < -0.4 is 0 Å². The van der Waals surface area contributed by atoms with Crippen LogP contribution in [0.3, 0.4) is 0 Å². The fraction of sp³-hybridized carbons (Fsp3) is 0.524. The van der Waals surface area contributed by atoms with Gasteiger partial charge in [-0.25, -0.2) is 9.78 Å². The topological polar surface area (TPSA) is 58.2 Å². The molecule has 27 heavy (non-hydrogen) atoms. The number of carbonyl (C=O) groups excluding carboxylic acids is 1. The van der Waals surface area contributed by atoms with E-state index in [0.717, 1.165) is 40.8 Å². The molecule has 146 valence electrons. The number of imidazole rings is 1. The zero-order valence-electron chi connectivity index (χ0n) is 16.7. The third-order valence-corrected chi connectivity index (χ3v) is 5.86. The lowest BCUT2D eigenvalue weighted by molar-refractivity contribution is 0.0167. The Bertz CT molecular complexity index is 810. The van der Waals surface area contributed by atoms with E-state index >= 15 is 0 Å². The first-order chi connectivity index (χ1) is 12.6. The van der Waals surface area contributed by atoms with Gasteiger partial charge >= 0.3 is 6.09 Å². The van der Waals surface area contributed by atoms with Crippen molar-refractivity contribution in [2.24, 2.45) is 0 Å². The van der Waals surface area contributed by atoms with Gasteiger partial charge in [0.15, 0.2) is 0 Å². The number of likely N-dealkylation sites (N-methyl/N-ethyl adjacent to an activating group) is 1. The van der Waals surface area contributed by atoms with Gasteiger partial charge < -0.3 is 14.6 Å². The highest BCUT2D eigenvalue weighted by Gasteiger charge is 2.46. The zero-order chi connectivity index (χ0) is 19.8. The van der Waals surface area contributed by atoms with Crippen LogP contribution in [0.15, 0.2) is 34.9 Å². The van der Waals surface area contributed by atoms with Crippen LogP contribution in [0.4, 0.5) is 4.79 Å². The summed E-state index contributed by atoms with van der Waals surface area (Å²) < 4.78 is 6.63. The van der Waals surface area contributed by atoms with Gasteiger partial charge in [0.25, 0.3) is 0 Å². The van der Waals surface area contributed by atoms with Gasteiger partial charge in [-0.3, -0.25) is 0 Å². The Kier molecular flexibility index (Phi) is 5.39. The third kappa shape index (κ3) is 4.21. The predicted octanol–water partition coefficient (Wildman–Crippen LogP) is 5.52. The predicted molar refractivity (Wildman–Crippen MR) is 111 cm³/mol. The average molecular weight is 434 g/mol. The van der Waals surface area contributed by atoms with Crippen molar-refractivity contribution in [3.8, 4) is 11.3 Å². The number of halogens is 1. The van der Waals surface area contributed by atoms with Crippen LogP contribution in [0.5, 0.6) is 0 Å². The van der Waals surface area contributed by atoms with Gasteiger partial charge in [0.05, 0.1) is 11.9 Å². The fourth-order valence-electron chi connectivity index (χ4n) is 3.89. The first kappa shape index (κ1) is 19.9. The van der Waals surface area contributed by atoms with Gasteiger partial charge in [0.2, 0.25) is 0 Å². The normalized spacial score (nSPS) is 22.7. The smallest absolute Gasteiger partial charge is 0.410 e. The monoisotopic (exact) mass is 433 g/mol. The van der Waals surface area contributed by atoms with Crippen molar-refractivity contribution in [1.82, 2.24) is 14.9 Å². The molecule has 3 rings (SSSR count). The van der Waals surface area contributed by atoms with E-state index in [4.69, 9.17) is 4.74 Å². The molecule has 2 unspecified atom stereocenters. The molecule has 1 amide bonds. The number of hydrogen-bond acceptors (Lipinski definition) is 3. The summed E-state index contributed by atoms with van der Waals surface area (Å²) in [6.07, 6.45) is 4.59. The molecule has 0 aliphatic heterocycles. The Morgan fingerprint density at radius 2 is 2.00 bits per heavy atom. The van der Waals surface area contributed by atoms with Crippen molar-refractivity contribution in [1.29, 1.82) is 0 Å². The van der Waals surface area contributed by atoms with Crippen LogP contribution in [-0.4, -0.2) is 39.7 Å². The number of ether oxygens (including phenoxy) is 1. The van der Waals surface area contributed by atoms with Gasteiger partial charge in [0, 0.05) is 23.0 Å². The minimum absolute atomic E-state index is 0.0521. The van der Waals surface area contributed by atoms with Crippen molar-refractivity contribution in [3.63, 3.8) is 0 Å². The van der Waals surface area contributed by atoms with Crippen molar-refractivity contribution >= 4 is 22.0 Å². The van der Waals surface area contributed by atoms with Gasteiger partial charge in [-0.15, -0.1) is 0 Å². The molecule has 2 aromatic rings. The van der Waals surface area contributed by atoms with Crippen molar-refractivity contribution in [2.75, 3.05) is 7.05 Å². The number of aromatic nitrogens is 2. The highest BCUT2D eigenvalue weighted by atomic mass is 79.9. The van der Waals surface area contributed by atoms with Crippen LogP contribution >= 0.6 is 15.9 Å². The minimum Gasteiger partial charge on any atom is -0.444 e. The maximum absolute atomic E-state index is 12.6. The SMILES string of the molecule is CN(C(=O)OC(C)(C)C)C1CCCC1(C)c1ncc(-c2ccc(Br)cc2)[nH]1. The largest absolute Gasteiger partial charge is 0.444 e. The molecule has 0 bridgehead atoms. The molecule has 1 aromatic carbocycles. The number of benzene rings is 1. The maximum atomic E-state index is 12.6. The van der Waals surface area contributed by atoms with E-state index in [9.17, 15) is 4.79 Å². The molecule has 1 saturated carbocycles. The Morgan fingerprint density at radius 3 is 2.63 bits per heavy atom. The second-order valence-corrected chi connectivity index (χ2v) is 9.48. The first-order valence-electron chi connectivity index (χ1n) is 9.37. The van der Waals surface area contributed by atoms with Crippen molar-refractivity contribution < 1.29 is 9.53 Å². The summed E-state index contributed by atoms with van der Waals surface area (Å²) in [6.45, 7) is 7.87. The van der Waals surface area contributed by atoms with Crippen LogP contribution in [0.2, 0.25) is 0 Å². The number of hydrogen-bond donors (Lipinski definition) is 1. The van der Waals surface area contributed by atoms with E-state index < -0.39 is 5.60 Å². The zero-order valence-corrected chi connectivity index (χ0v) is 18.3. The maximum Gasteiger partial charge on any atom is 0.410 e. The molecule has 2 atom stereocenters. The Labute approximate surface area is 169 Å². The molecule has 5 nitrogen and oxygen atoms in total. The minimum atomic E-state index is -0.500. The molecule has 0 radical (unpaired) electrons.